The Balaban J connectivity index is 2.11. The van der Waals surface area contributed by atoms with Crippen molar-refractivity contribution in [1.29, 1.82) is 0 Å². The maximum Gasteiger partial charge on any atom is 0.115 e. The number of aromatic hydroxyl groups is 1. The van der Waals surface area contributed by atoms with Crippen molar-refractivity contribution in [2.45, 2.75) is 12.5 Å². The summed E-state index contributed by atoms with van der Waals surface area (Å²) in [5.41, 5.74) is 7.73. The lowest BCUT2D eigenvalue weighted by Crippen LogP contribution is -2.14. The van der Waals surface area contributed by atoms with Crippen LogP contribution in [0.5, 0.6) is 5.75 Å². The molecule has 0 aliphatic rings. The molecule has 0 aliphatic carbocycles. The Labute approximate surface area is 93.8 Å². The van der Waals surface area contributed by atoms with E-state index in [4.69, 9.17) is 5.73 Å². The molecule has 3 N–H and O–H groups in total. The average molecular weight is 215 g/mol. The first-order chi connectivity index (χ1) is 7.75. The largest absolute Gasteiger partial charge is 0.508 e. The molecule has 0 fully saturated rings. The second-order valence-electron chi connectivity index (χ2n) is 3.61. The van der Waals surface area contributed by atoms with Crippen LogP contribution >= 0.6 is 0 Å². The van der Waals surface area contributed by atoms with Gasteiger partial charge >= 0.3 is 0 Å². The molecule has 0 saturated carbocycles. The number of nitrogens with two attached hydrogens (primary N) is 1. The molecule has 0 spiro atoms. The second-order valence-corrected chi connectivity index (χ2v) is 3.61. The van der Waals surface area contributed by atoms with Crippen molar-refractivity contribution in [3.8, 4) is 5.75 Å². The second kappa shape index (κ2) is 4.72. The third kappa shape index (κ3) is 2.55. The zero-order chi connectivity index (χ0) is 11.4. The van der Waals surface area contributed by atoms with Gasteiger partial charge in [0.1, 0.15) is 5.75 Å². The molecule has 2 rings (SSSR count). The third-order valence-corrected chi connectivity index (χ3v) is 2.33. The van der Waals surface area contributed by atoms with Crippen LogP contribution in [0.4, 0.5) is 0 Å². The summed E-state index contributed by atoms with van der Waals surface area (Å²) in [6.45, 7) is 0. The van der Waals surface area contributed by atoms with E-state index in [0.717, 1.165) is 11.3 Å². The highest BCUT2D eigenvalue weighted by Crippen LogP contribution is 2.16. The summed E-state index contributed by atoms with van der Waals surface area (Å²) in [5, 5.41) is 9.33. The van der Waals surface area contributed by atoms with Crippen LogP contribution in [0.2, 0.25) is 0 Å². The van der Waals surface area contributed by atoms with Crippen LogP contribution in [0.15, 0.2) is 42.9 Å². The van der Waals surface area contributed by atoms with E-state index in [1.807, 2.05) is 6.07 Å². The van der Waals surface area contributed by atoms with E-state index < -0.39 is 0 Å². The number of phenolic OH excluding ortho intramolecular Hbond substituents is 1. The summed E-state index contributed by atoms with van der Waals surface area (Å²) in [7, 11) is 0. The Hall–Kier alpha value is -1.94. The van der Waals surface area contributed by atoms with Gasteiger partial charge in [-0.2, -0.15) is 0 Å². The first-order valence-corrected chi connectivity index (χ1v) is 5.05. The summed E-state index contributed by atoms with van der Waals surface area (Å²) in [6.07, 6.45) is 5.53. The summed E-state index contributed by atoms with van der Waals surface area (Å²) in [4.78, 5) is 8.12. The van der Waals surface area contributed by atoms with Gasteiger partial charge in [-0.3, -0.25) is 9.97 Å². The van der Waals surface area contributed by atoms with E-state index in [2.05, 4.69) is 9.97 Å². The number of hydrogen-bond donors (Lipinski definition) is 2. The van der Waals surface area contributed by atoms with Crippen LogP contribution in [-0.2, 0) is 6.42 Å². The number of benzene rings is 1. The Morgan fingerprint density at radius 2 is 2.19 bits per heavy atom. The molecule has 4 nitrogen and oxygen atoms in total. The fourth-order valence-electron chi connectivity index (χ4n) is 1.54. The van der Waals surface area contributed by atoms with Crippen LogP contribution in [0.25, 0.3) is 0 Å². The first kappa shape index (κ1) is 10.6. The maximum atomic E-state index is 9.33. The first-order valence-electron chi connectivity index (χ1n) is 5.05. The van der Waals surface area contributed by atoms with Gasteiger partial charge in [0.05, 0.1) is 11.7 Å². The highest BCUT2D eigenvalue weighted by atomic mass is 16.3. The van der Waals surface area contributed by atoms with Gasteiger partial charge in [-0.25, -0.2) is 0 Å². The Morgan fingerprint density at radius 1 is 1.31 bits per heavy atom. The molecule has 1 heterocycles. The molecule has 16 heavy (non-hydrogen) atoms. The minimum atomic E-state index is -0.199. The highest BCUT2D eigenvalue weighted by molar-refractivity contribution is 5.28. The van der Waals surface area contributed by atoms with Crippen molar-refractivity contribution in [2.75, 3.05) is 0 Å². The van der Waals surface area contributed by atoms with E-state index in [0.29, 0.717) is 6.42 Å². The number of hydrogen-bond acceptors (Lipinski definition) is 4. The summed E-state index contributed by atoms with van der Waals surface area (Å²) in [6, 6.07) is 6.87. The van der Waals surface area contributed by atoms with E-state index >= 15 is 0 Å². The van der Waals surface area contributed by atoms with Crippen LogP contribution in [-0.4, -0.2) is 15.1 Å². The predicted octanol–water partition coefficient (Wildman–Crippen LogP) is 1.42. The number of rotatable bonds is 3. The van der Waals surface area contributed by atoms with E-state index in [-0.39, 0.29) is 11.8 Å². The molecule has 1 aromatic heterocycles. The van der Waals surface area contributed by atoms with Crippen molar-refractivity contribution in [3.05, 3.63) is 54.1 Å². The molecular weight excluding hydrogens is 202 g/mol. The smallest absolute Gasteiger partial charge is 0.115 e. The van der Waals surface area contributed by atoms with Crippen molar-refractivity contribution in [1.82, 2.24) is 9.97 Å². The minimum absolute atomic E-state index is 0.199. The minimum Gasteiger partial charge on any atom is -0.508 e. The van der Waals surface area contributed by atoms with Gasteiger partial charge in [0.2, 0.25) is 0 Å². The van der Waals surface area contributed by atoms with Crippen LogP contribution < -0.4 is 5.73 Å². The van der Waals surface area contributed by atoms with Gasteiger partial charge in [-0.1, -0.05) is 12.1 Å². The van der Waals surface area contributed by atoms with Gasteiger partial charge in [0.15, 0.2) is 0 Å². The molecule has 0 amide bonds. The van der Waals surface area contributed by atoms with E-state index in [1.165, 1.54) is 0 Å². The summed E-state index contributed by atoms with van der Waals surface area (Å²) >= 11 is 0. The van der Waals surface area contributed by atoms with Crippen molar-refractivity contribution >= 4 is 0 Å². The monoisotopic (exact) mass is 215 g/mol. The van der Waals surface area contributed by atoms with E-state index in [9.17, 15) is 5.11 Å². The molecule has 0 aliphatic heterocycles. The summed E-state index contributed by atoms with van der Waals surface area (Å²) < 4.78 is 0. The standard InChI is InChI=1S/C12H13N3O/c13-11(12-8-14-4-5-15-12)7-9-2-1-3-10(16)6-9/h1-6,8,11,16H,7,13H2. The zero-order valence-corrected chi connectivity index (χ0v) is 8.74. The van der Waals surface area contributed by atoms with Gasteiger partial charge < -0.3 is 10.8 Å². The molecule has 2 aromatic rings. The molecule has 0 radical (unpaired) electrons. The van der Waals surface area contributed by atoms with Crippen LogP contribution in [0, 0.1) is 0 Å². The fraction of sp³-hybridized carbons (Fsp3) is 0.167. The Kier molecular flexibility index (Phi) is 3.12. The molecule has 4 heteroatoms. The molecule has 1 unspecified atom stereocenters. The normalized spacial score (nSPS) is 12.3. The van der Waals surface area contributed by atoms with Gasteiger partial charge in [-0.05, 0) is 24.1 Å². The lowest BCUT2D eigenvalue weighted by molar-refractivity contribution is 0.474. The SMILES string of the molecule is NC(Cc1cccc(O)c1)c1cnccn1. The molecule has 1 atom stereocenters. The van der Waals surface area contributed by atoms with E-state index in [1.54, 1.807) is 36.8 Å². The number of phenols is 1. The lowest BCUT2D eigenvalue weighted by Gasteiger charge is -2.10. The summed E-state index contributed by atoms with van der Waals surface area (Å²) in [5.74, 6) is 0.254. The zero-order valence-electron chi connectivity index (χ0n) is 8.74. The van der Waals surface area contributed by atoms with Crippen molar-refractivity contribution in [3.63, 3.8) is 0 Å². The Bertz CT molecular complexity index is 459. The quantitative estimate of drug-likeness (QED) is 0.812. The predicted molar refractivity (Wildman–Crippen MR) is 60.8 cm³/mol. The fourth-order valence-corrected chi connectivity index (χ4v) is 1.54. The van der Waals surface area contributed by atoms with Crippen LogP contribution in [0.3, 0.4) is 0 Å². The van der Waals surface area contributed by atoms with Gasteiger partial charge in [-0.15, -0.1) is 0 Å². The topological polar surface area (TPSA) is 72.0 Å². The van der Waals surface area contributed by atoms with Crippen LogP contribution in [0.1, 0.15) is 17.3 Å². The van der Waals surface area contributed by atoms with Gasteiger partial charge in [0.25, 0.3) is 0 Å². The van der Waals surface area contributed by atoms with Gasteiger partial charge in [0, 0.05) is 18.6 Å². The van der Waals surface area contributed by atoms with Crippen molar-refractivity contribution < 1.29 is 5.11 Å². The molecule has 0 bridgehead atoms. The molecular formula is C12H13N3O. The third-order valence-electron chi connectivity index (χ3n) is 2.33. The lowest BCUT2D eigenvalue weighted by atomic mass is 10.0. The molecule has 0 saturated heterocycles. The maximum absolute atomic E-state index is 9.33. The number of nitrogens with zero attached hydrogens (tertiary/aromatic N) is 2. The Morgan fingerprint density at radius 3 is 2.88 bits per heavy atom. The average Bonchev–Trinajstić information content (AvgIpc) is 2.30. The molecule has 82 valence electrons. The van der Waals surface area contributed by atoms with Crippen molar-refractivity contribution in [2.24, 2.45) is 5.73 Å². The number of aromatic nitrogens is 2. The highest BCUT2D eigenvalue weighted by Gasteiger charge is 2.08. The molecule has 1 aromatic carbocycles.